The van der Waals surface area contributed by atoms with Crippen LogP contribution in [0.25, 0.3) is 0 Å². The third-order valence-electron chi connectivity index (χ3n) is 5.85. The Labute approximate surface area is 196 Å². The van der Waals surface area contributed by atoms with Crippen LogP contribution in [-0.4, -0.2) is 5.97 Å². The van der Waals surface area contributed by atoms with Gasteiger partial charge in [0.2, 0.25) is 0 Å². The highest BCUT2D eigenvalue weighted by molar-refractivity contribution is 5.86. The minimum atomic E-state index is -3.01. The van der Waals surface area contributed by atoms with E-state index in [1.807, 2.05) is 19.1 Å². The van der Waals surface area contributed by atoms with E-state index >= 15 is 0 Å². The zero-order valence-electron chi connectivity index (χ0n) is 20.5. The van der Waals surface area contributed by atoms with E-state index in [9.17, 15) is 13.6 Å². The summed E-state index contributed by atoms with van der Waals surface area (Å²) in [5.41, 5.74) is 10.4. The number of esters is 1. The lowest BCUT2D eigenvalue weighted by molar-refractivity contribution is -0.128. The average Bonchev–Trinajstić information content (AvgIpc) is 2.67. The molecule has 33 heavy (non-hydrogen) atoms. The molecule has 0 radical (unpaired) electrons. The molecule has 178 valence electrons. The molecule has 0 heterocycles. The van der Waals surface area contributed by atoms with E-state index in [0.717, 1.165) is 25.0 Å². The molecule has 0 bridgehead atoms. The Bertz CT molecular complexity index is 1030. The zero-order valence-corrected chi connectivity index (χ0v) is 20.5. The van der Waals surface area contributed by atoms with E-state index in [0.29, 0.717) is 5.57 Å². The van der Waals surface area contributed by atoms with Gasteiger partial charge in [-0.25, -0.2) is 13.6 Å². The normalized spacial score (nSPS) is 17.8. The Balaban J connectivity index is 2.00. The van der Waals surface area contributed by atoms with Gasteiger partial charge in [-0.15, -0.1) is 0 Å². The van der Waals surface area contributed by atoms with Crippen molar-refractivity contribution < 1.29 is 18.3 Å². The van der Waals surface area contributed by atoms with Gasteiger partial charge < -0.3 is 10.5 Å². The molecule has 0 aliphatic heterocycles. The van der Waals surface area contributed by atoms with Crippen LogP contribution >= 0.6 is 0 Å². The number of ether oxygens (including phenoxy) is 1. The third kappa shape index (κ3) is 7.85. The van der Waals surface area contributed by atoms with Gasteiger partial charge >= 0.3 is 5.97 Å². The van der Waals surface area contributed by atoms with E-state index in [4.69, 9.17) is 10.5 Å². The summed E-state index contributed by atoms with van der Waals surface area (Å²) in [6, 6.07) is 3.59. The average molecular weight is 456 g/mol. The lowest BCUT2D eigenvalue weighted by Crippen LogP contribution is -2.19. The number of halogens is 2. The largest absolute Gasteiger partial charge is 0.421 e. The fourth-order valence-electron chi connectivity index (χ4n) is 3.92. The highest BCUT2D eigenvalue weighted by Gasteiger charge is 2.26. The van der Waals surface area contributed by atoms with Crippen molar-refractivity contribution in [1.82, 2.24) is 0 Å². The lowest BCUT2D eigenvalue weighted by Gasteiger charge is -2.32. The molecule has 0 aromatic heterocycles. The number of nitrogen functional groups attached to an aromatic ring is 1. The van der Waals surface area contributed by atoms with Gasteiger partial charge in [-0.05, 0) is 74.8 Å². The minimum absolute atomic E-state index is 0.0131. The van der Waals surface area contributed by atoms with Crippen molar-refractivity contribution in [2.45, 2.75) is 66.7 Å². The van der Waals surface area contributed by atoms with Crippen LogP contribution in [-0.2, 0) is 10.7 Å². The Hall–Kier alpha value is -2.95. The van der Waals surface area contributed by atoms with E-state index in [-0.39, 0.29) is 22.4 Å². The van der Waals surface area contributed by atoms with Gasteiger partial charge in [-0.1, -0.05) is 55.4 Å². The molecule has 1 aliphatic carbocycles. The highest BCUT2D eigenvalue weighted by atomic mass is 19.3. The quantitative estimate of drug-likeness (QED) is 0.150. The maximum atomic E-state index is 13.4. The van der Waals surface area contributed by atoms with Gasteiger partial charge in [0.05, 0.1) is 5.69 Å². The first-order valence-electron chi connectivity index (χ1n) is 11.2. The number of allylic oxidation sites excluding steroid dienone is 9. The monoisotopic (exact) mass is 455 g/mol. The molecule has 1 aliphatic rings. The van der Waals surface area contributed by atoms with Crippen molar-refractivity contribution >= 4 is 11.7 Å². The first-order valence-corrected chi connectivity index (χ1v) is 11.2. The maximum absolute atomic E-state index is 13.4. The number of anilines is 1. The molecule has 0 saturated heterocycles. The van der Waals surface area contributed by atoms with E-state index in [1.54, 1.807) is 13.0 Å². The molecule has 1 aromatic rings. The summed E-state index contributed by atoms with van der Waals surface area (Å²) in [5.74, 6) is -3.58. The molecule has 0 unspecified atom stereocenters. The van der Waals surface area contributed by atoms with E-state index in [2.05, 4.69) is 32.9 Å². The van der Waals surface area contributed by atoms with Crippen LogP contribution in [0.5, 0.6) is 5.75 Å². The number of nitrogens with two attached hydrogens (primary N) is 1. The van der Waals surface area contributed by atoms with Gasteiger partial charge in [-0.2, -0.15) is 0 Å². The molecular formula is C28H35F2NO2. The van der Waals surface area contributed by atoms with Crippen LogP contribution in [0.2, 0.25) is 0 Å². The number of hydrogen-bond donors (Lipinski definition) is 1. The summed E-state index contributed by atoms with van der Waals surface area (Å²) >= 11 is 0. The standard InChI is InChI=1S/C28H35F2NO2/c1-19(12-14-23-21(3)11-8-16-27(23,4)5)9-7-10-20(2)17-26(32)33-25-15-13-22(18-24(25)31)28(6,29)30/h7,9-10,12-15,17-18H,8,11,16,31H2,1-6H3/b10-7+,14-12+,19-9+,20-17+. The second kappa shape index (κ2) is 10.8. The van der Waals surface area contributed by atoms with Crippen molar-refractivity contribution in [1.29, 1.82) is 0 Å². The van der Waals surface area contributed by atoms with Crippen LogP contribution in [0.4, 0.5) is 14.5 Å². The second-order valence-electron chi connectivity index (χ2n) is 9.49. The summed E-state index contributed by atoms with van der Waals surface area (Å²) in [6.07, 6.45) is 14.9. The molecule has 0 atom stereocenters. The first kappa shape index (κ1) is 26.3. The number of hydrogen-bond acceptors (Lipinski definition) is 3. The molecule has 3 nitrogen and oxygen atoms in total. The van der Waals surface area contributed by atoms with Gasteiger partial charge in [0.15, 0.2) is 5.75 Å². The maximum Gasteiger partial charge on any atom is 0.336 e. The molecule has 0 saturated carbocycles. The molecule has 1 aromatic carbocycles. The second-order valence-corrected chi connectivity index (χ2v) is 9.49. The molecule has 0 amide bonds. The van der Waals surface area contributed by atoms with Crippen LogP contribution in [0.1, 0.15) is 66.4 Å². The molecule has 5 heteroatoms. The SMILES string of the molecule is CC1=C(/C=C/C(C)=C/C=C/C(C)=C/C(=O)Oc2ccc(C(C)(F)F)cc2N)C(C)(C)CCC1. The summed E-state index contributed by atoms with van der Waals surface area (Å²) in [5, 5.41) is 0. The number of carbonyl (C=O) groups excluding carboxylic acids is 1. The van der Waals surface area contributed by atoms with Crippen molar-refractivity contribution in [2.75, 3.05) is 5.73 Å². The van der Waals surface area contributed by atoms with Gasteiger partial charge in [0.25, 0.3) is 5.92 Å². The Morgan fingerprint density at radius 2 is 1.88 bits per heavy atom. The van der Waals surface area contributed by atoms with Gasteiger partial charge in [0.1, 0.15) is 0 Å². The van der Waals surface area contributed by atoms with Crippen molar-refractivity contribution in [3.63, 3.8) is 0 Å². The number of rotatable bonds is 7. The Kier molecular flexibility index (Phi) is 8.59. The van der Waals surface area contributed by atoms with E-state index in [1.165, 1.54) is 42.2 Å². The predicted molar refractivity (Wildman–Crippen MR) is 132 cm³/mol. The predicted octanol–water partition coefficient (Wildman–Crippen LogP) is 7.82. The molecule has 0 fully saturated rings. The topological polar surface area (TPSA) is 52.3 Å². The van der Waals surface area contributed by atoms with E-state index < -0.39 is 11.9 Å². The zero-order chi connectivity index (χ0) is 24.8. The third-order valence-corrected chi connectivity index (χ3v) is 5.85. The molecule has 2 rings (SSSR count). The minimum Gasteiger partial charge on any atom is -0.421 e. The summed E-state index contributed by atoms with van der Waals surface area (Å²) in [4.78, 5) is 12.2. The lowest BCUT2D eigenvalue weighted by atomic mass is 9.72. The summed E-state index contributed by atoms with van der Waals surface area (Å²) < 4.78 is 32.0. The van der Waals surface area contributed by atoms with Crippen molar-refractivity contribution in [3.8, 4) is 5.75 Å². The summed E-state index contributed by atoms with van der Waals surface area (Å²) in [7, 11) is 0. The van der Waals surface area contributed by atoms with Crippen LogP contribution < -0.4 is 10.5 Å². The van der Waals surface area contributed by atoms with Crippen LogP contribution in [0.3, 0.4) is 0 Å². The van der Waals surface area contributed by atoms with Crippen LogP contribution in [0, 0.1) is 5.41 Å². The highest BCUT2D eigenvalue weighted by Crippen LogP contribution is 2.40. The van der Waals surface area contributed by atoms with Gasteiger partial charge in [0, 0.05) is 18.6 Å². The smallest absolute Gasteiger partial charge is 0.336 e. The van der Waals surface area contributed by atoms with Crippen molar-refractivity contribution in [2.24, 2.45) is 5.41 Å². The Morgan fingerprint density at radius 3 is 2.48 bits per heavy atom. The summed E-state index contributed by atoms with van der Waals surface area (Å²) in [6.45, 7) is 11.4. The number of carbonyl (C=O) groups is 1. The number of benzene rings is 1. The first-order chi connectivity index (χ1) is 15.3. The number of alkyl halides is 2. The van der Waals surface area contributed by atoms with Crippen LogP contribution in [0.15, 0.2) is 76.9 Å². The van der Waals surface area contributed by atoms with Gasteiger partial charge in [-0.3, -0.25) is 0 Å². The Morgan fingerprint density at radius 1 is 1.18 bits per heavy atom. The molecule has 0 spiro atoms. The molecule has 2 N–H and O–H groups in total. The molecular weight excluding hydrogens is 420 g/mol. The van der Waals surface area contributed by atoms with Crippen molar-refractivity contribution in [3.05, 3.63) is 82.5 Å². The fraction of sp³-hybridized carbons (Fsp3) is 0.393. The fourth-order valence-corrected chi connectivity index (χ4v) is 3.92.